The zero-order valence-electron chi connectivity index (χ0n) is 10.5. The number of nitrogens with one attached hydrogen (secondary N) is 1. The van der Waals surface area contributed by atoms with E-state index in [0.29, 0.717) is 0 Å². The largest absolute Gasteiger partial charge is 0.465 e. The fourth-order valence-electron chi connectivity index (χ4n) is 1.77. The number of aromatic nitrogens is 1. The number of aryl methyl sites for hydroxylation is 3. The van der Waals surface area contributed by atoms with Crippen molar-refractivity contribution >= 4 is 0 Å². The predicted octanol–water partition coefficient (Wildman–Crippen LogP) is 2.74. The highest BCUT2D eigenvalue weighted by Crippen LogP contribution is 2.12. The third-order valence-electron chi connectivity index (χ3n) is 2.85. The van der Waals surface area contributed by atoms with E-state index in [0.717, 1.165) is 48.0 Å². The molecule has 4 heteroatoms. The Hall–Kier alpha value is -1.55. The van der Waals surface area contributed by atoms with E-state index >= 15 is 0 Å². The summed E-state index contributed by atoms with van der Waals surface area (Å²) in [4.78, 5) is 0. The van der Waals surface area contributed by atoms with Crippen molar-refractivity contribution in [1.29, 1.82) is 0 Å². The van der Waals surface area contributed by atoms with Crippen molar-refractivity contribution in [2.45, 2.75) is 40.3 Å². The summed E-state index contributed by atoms with van der Waals surface area (Å²) in [6.45, 7) is 7.45. The second-order valence-electron chi connectivity index (χ2n) is 4.13. The van der Waals surface area contributed by atoms with Gasteiger partial charge in [0.15, 0.2) is 0 Å². The van der Waals surface area contributed by atoms with Crippen LogP contribution in [0.1, 0.15) is 35.5 Å². The van der Waals surface area contributed by atoms with E-state index in [1.165, 1.54) is 0 Å². The lowest BCUT2D eigenvalue weighted by Crippen LogP contribution is -2.13. The number of hydrogen-bond donors (Lipinski definition) is 1. The molecule has 0 radical (unpaired) electrons. The molecule has 2 heterocycles. The van der Waals surface area contributed by atoms with Crippen LogP contribution in [0, 0.1) is 13.8 Å². The van der Waals surface area contributed by atoms with Gasteiger partial charge in [0.05, 0.1) is 12.2 Å². The van der Waals surface area contributed by atoms with Gasteiger partial charge in [-0.15, -0.1) is 0 Å². The minimum Gasteiger partial charge on any atom is -0.465 e. The standard InChI is InChI=1S/C13H18N2O2/c1-4-11-5-6-12(16-11)7-14-8-13-9(2)15-17-10(13)3/h5-6,14H,4,7-8H2,1-3H3. The van der Waals surface area contributed by atoms with Gasteiger partial charge in [0.1, 0.15) is 17.3 Å². The average Bonchev–Trinajstić information content (AvgIpc) is 2.90. The maximum absolute atomic E-state index is 5.61. The molecule has 92 valence electrons. The molecule has 0 aliphatic heterocycles. The minimum atomic E-state index is 0.726. The normalized spacial score (nSPS) is 11.0. The van der Waals surface area contributed by atoms with E-state index in [9.17, 15) is 0 Å². The first-order valence-electron chi connectivity index (χ1n) is 5.90. The molecule has 17 heavy (non-hydrogen) atoms. The molecule has 2 rings (SSSR count). The maximum atomic E-state index is 5.61. The van der Waals surface area contributed by atoms with E-state index in [1.807, 2.05) is 26.0 Å². The number of furan rings is 1. The quantitative estimate of drug-likeness (QED) is 0.864. The molecule has 0 aromatic carbocycles. The average molecular weight is 234 g/mol. The van der Waals surface area contributed by atoms with Crippen molar-refractivity contribution in [1.82, 2.24) is 10.5 Å². The van der Waals surface area contributed by atoms with Crippen LogP contribution in [0.4, 0.5) is 0 Å². The zero-order valence-corrected chi connectivity index (χ0v) is 10.5. The molecule has 0 spiro atoms. The molecule has 0 atom stereocenters. The smallest absolute Gasteiger partial charge is 0.138 e. The molecule has 2 aromatic heterocycles. The summed E-state index contributed by atoms with van der Waals surface area (Å²) in [6.07, 6.45) is 0.934. The maximum Gasteiger partial charge on any atom is 0.138 e. The Morgan fingerprint density at radius 1 is 1.18 bits per heavy atom. The van der Waals surface area contributed by atoms with Gasteiger partial charge >= 0.3 is 0 Å². The molecule has 0 fully saturated rings. The molecule has 4 nitrogen and oxygen atoms in total. The van der Waals surface area contributed by atoms with Crippen molar-refractivity contribution in [3.63, 3.8) is 0 Å². The van der Waals surface area contributed by atoms with Crippen molar-refractivity contribution in [2.75, 3.05) is 0 Å². The van der Waals surface area contributed by atoms with Gasteiger partial charge in [-0.25, -0.2) is 0 Å². The fraction of sp³-hybridized carbons (Fsp3) is 0.462. The van der Waals surface area contributed by atoms with Crippen molar-refractivity contribution in [2.24, 2.45) is 0 Å². The van der Waals surface area contributed by atoms with Crippen LogP contribution in [-0.2, 0) is 19.5 Å². The summed E-state index contributed by atoms with van der Waals surface area (Å²) < 4.78 is 10.7. The summed E-state index contributed by atoms with van der Waals surface area (Å²) >= 11 is 0. The lowest BCUT2D eigenvalue weighted by atomic mass is 10.2. The van der Waals surface area contributed by atoms with Gasteiger partial charge in [-0.2, -0.15) is 0 Å². The van der Waals surface area contributed by atoms with Gasteiger partial charge in [0.2, 0.25) is 0 Å². The fourth-order valence-corrected chi connectivity index (χ4v) is 1.77. The molecule has 0 saturated heterocycles. The predicted molar refractivity (Wildman–Crippen MR) is 64.6 cm³/mol. The summed E-state index contributed by atoms with van der Waals surface area (Å²) in [5.74, 6) is 2.87. The van der Waals surface area contributed by atoms with Crippen LogP contribution in [0.2, 0.25) is 0 Å². The lowest BCUT2D eigenvalue weighted by Gasteiger charge is -2.02. The molecule has 0 aliphatic rings. The van der Waals surface area contributed by atoms with E-state index in [2.05, 4.69) is 17.4 Å². The SMILES string of the molecule is CCc1ccc(CNCc2c(C)noc2C)o1. The molecule has 0 bridgehead atoms. The molecule has 0 unspecified atom stereocenters. The van der Waals surface area contributed by atoms with Crippen LogP contribution in [0.25, 0.3) is 0 Å². The van der Waals surface area contributed by atoms with Crippen LogP contribution < -0.4 is 5.32 Å². The summed E-state index contributed by atoms with van der Waals surface area (Å²) in [7, 11) is 0. The van der Waals surface area contributed by atoms with Crippen LogP contribution in [-0.4, -0.2) is 5.16 Å². The lowest BCUT2D eigenvalue weighted by molar-refractivity contribution is 0.391. The van der Waals surface area contributed by atoms with Crippen LogP contribution >= 0.6 is 0 Å². The molecule has 1 N–H and O–H groups in total. The van der Waals surface area contributed by atoms with Crippen molar-refractivity contribution in [3.8, 4) is 0 Å². The number of hydrogen-bond acceptors (Lipinski definition) is 4. The molecular weight excluding hydrogens is 216 g/mol. The summed E-state index contributed by atoms with van der Waals surface area (Å²) in [6, 6.07) is 4.03. The third kappa shape index (κ3) is 2.77. The van der Waals surface area contributed by atoms with E-state index in [4.69, 9.17) is 8.94 Å². The zero-order chi connectivity index (χ0) is 12.3. The topological polar surface area (TPSA) is 51.2 Å². The van der Waals surface area contributed by atoms with Crippen LogP contribution in [0.5, 0.6) is 0 Å². The Labute approximate surface area is 101 Å². The van der Waals surface area contributed by atoms with E-state index in [1.54, 1.807) is 0 Å². The van der Waals surface area contributed by atoms with Crippen molar-refractivity contribution < 1.29 is 8.94 Å². The Kier molecular flexibility index (Phi) is 3.64. The molecule has 0 amide bonds. The molecular formula is C13H18N2O2. The Bertz CT molecular complexity index is 466. The van der Waals surface area contributed by atoms with Gasteiger partial charge in [-0.3, -0.25) is 0 Å². The van der Waals surface area contributed by atoms with E-state index < -0.39 is 0 Å². The third-order valence-corrected chi connectivity index (χ3v) is 2.85. The Morgan fingerprint density at radius 2 is 1.94 bits per heavy atom. The Morgan fingerprint density at radius 3 is 2.53 bits per heavy atom. The second kappa shape index (κ2) is 5.19. The Balaban J connectivity index is 1.87. The highest BCUT2D eigenvalue weighted by atomic mass is 16.5. The van der Waals surface area contributed by atoms with Gasteiger partial charge < -0.3 is 14.3 Å². The van der Waals surface area contributed by atoms with Crippen LogP contribution in [0.3, 0.4) is 0 Å². The summed E-state index contributed by atoms with van der Waals surface area (Å²) in [5.41, 5.74) is 2.08. The number of rotatable bonds is 5. The second-order valence-corrected chi connectivity index (χ2v) is 4.13. The van der Waals surface area contributed by atoms with Gasteiger partial charge in [-0.1, -0.05) is 12.1 Å². The molecule has 0 saturated carbocycles. The first kappa shape index (κ1) is 11.9. The summed E-state index contributed by atoms with van der Waals surface area (Å²) in [5, 5.41) is 7.25. The van der Waals surface area contributed by atoms with Crippen molar-refractivity contribution in [3.05, 3.63) is 40.7 Å². The highest BCUT2D eigenvalue weighted by molar-refractivity contribution is 5.20. The first-order chi connectivity index (χ1) is 8.20. The monoisotopic (exact) mass is 234 g/mol. The van der Waals surface area contributed by atoms with Gasteiger partial charge in [-0.05, 0) is 26.0 Å². The van der Waals surface area contributed by atoms with E-state index in [-0.39, 0.29) is 0 Å². The van der Waals surface area contributed by atoms with Gasteiger partial charge in [0, 0.05) is 18.5 Å². The molecule has 2 aromatic rings. The minimum absolute atomic E-state index is 0.726. The molecule has 0 aliphatic carbocycles. The number of nitrogens with zero attached hydrogens (tertiary/aromatic N) is 1. The van der Waals surface area contributed by atoms with Crippen LogP contribution in [0.15, 0.2) is 21.1 Å². The van der Waals surface area contributed by atoms with Gasteiger partial charge in [0.25, 0.3) is 0 Å². The highest BCUT2D eigenvalue weighted by Gasteiger charge is 2.08. The first-order valence-corrected chi connectivity index (χ1v) is 5.90.